The monoisotopic (exact) mass is 527 g/mol. The van der Waals surface area contributed by atoms with E-state index in [4.69, 9.17) is 9.47 Å². The molecule has 4 rings (SSSR count). The Labute approximate surface area is 217 Å². The number of methoxy groups -OCH3 is 1. The second kappa shape index (κ2) is 11.9. The van der Waals surface area contributed by atoms with E-state index in [1.54, 1.807) is 29.2 Å². The maximum atomic E-state index is 13.0. The second-order valence-electron chi connectivity index (χ2n) is 8.46. The lowest BCUT2D eigenvalue weighted by Crippen LogP contribution is -2.44. The Hall–Kier alpha value is -3.86. The van der Waals surface area contributed by atoms with Gasteiger partial charge in [0.25, 0.3) is 17.1 Å². The predicted octanol–water partition coefficient (Wildman–Crippen LogP) is 3.90. The number of halogens is 1. The van der Waals surface area contributed by atoms with Gasteiger partial charge in [-0.2, -0.15) is 0 Å². The number of carbonyl (C=O) groups is 4. The molecule has 4 amide bonds. The Balaban J connectivity index is 1.38. The molecule has 2 aliphatic rings. The summed E-state index contributed by atoms with van der Waals surface area (Å²) in [5.41, 5.74) is 1.01. The summed E-state index contributed by atoms with van der Waals surface area (Å²) in [4.78, 5) is 52.8. The number of anilines is 1. The Morgan fingerprint density at radius 3 is 2.49 bits per heavy atom. The highest BCUT2D eigenvalue weighted by molar-refractivity contribution is 8.18. The van der Waals surface area contributed by atoms with Crippen molar-refractivity contribution in [1.29, 1.82) is 0 Å². The van der Waals surface area contributed by atoms with E-state index >= 15 is 0 Å². The van der Waals surface area contributed by atoms with E-state index in [0.717, 1.165) is 35.9 Å². The SMILES string of the molecule is COc1cc(/C=C2\SC(=O)N(CC(=O)N3CCCCC3)C2=O)ccc1OCC(=O)Nc1ccc(F)cc1. The van der Waals surface area contributed by atoms with E-state index in [2.05, 4.69) is 5.32 Å². The second-order valence-corrected chi connectivity index (χ2v) is 9.46. The number of benzene rings is 2. The molecule has 0 bridgehead atoms. The molecular weight excluding hydrogens is 501 g/mol. The lowest BCUT2D eigenvalue weighted by molar-refractivity contribution is -0.136. The first-order chi connectivity index (χ1) is 17.8. The van der Waals surface area contributed by atoms with E-state index in [0.29, 0.717) is 35.8 Å². The zero-order valence-corrected chi connectivity index (χ0v) is 21.0. The number of amides is 4. The van der Waals surface area contributed by atoms with E-state index in [1.165, 1.54) is 31.4 Å². The molecule has 0 spiro atoms. The summed E-state index contributed by atoms with van der Waals surface area (Å²) in [6.45, 7) is 0.717. The smallest absolute Gasteiger partial charge is 0.294 e. The highest BCUT2D eigenvalue weighted by Crippen LogP contribution is 2.34. The van der Waals surface area contributed by atoms with Crippen molar-refractivity contribution in [2.24, 2.45) is 0 Å². The van der Waals surface area contributed by atoms with Crippen LogP contribution < -0.4 is 14.8 Å². The molecule has 37 heavy (non-hydrogen) atoms. The molecule has 1 N–H and O–H groups in total. The molecule has 11 heteroatoms. The van der Waals surface area contributed by atoms with Gasteiger partial charge in [-0.3, -0.25) is 24.1 Å². The number of imide groups is 1. The number of hydrogen-bond donors (Lipinski definition) is 1. The van der Waals surface area contributed by atoms with Crippen LogP contribution in [0.1, 0.15) is 24.8 Å². The van der Waals surface area contributed by atoms with Crippen molar-refractivity contribution in [2.75, 3.05) is 38.7 Å². The van der Waals surface area contributed by atoms with Crippen LogP contribution in [0.4, 0.5) is 14.9 Å². The number of piperidine rings is 1. The predicted molar refractivity (Wildman–Crippen MR) is 137 cm³/mol. The first-order valence-corrected chi connectivity index (χ1v) is 12.5. The highest BCUT2D eigenvalue weighted by Gasteiger charge is 2.37. The zero-order chi connectivity index (χ0) is 26.4. The molecule has 2 heterocycles. The number of nitrogens with zero attached hydrogens (tertiary/aromatic N) is 2. The number of hydrogen-bond acceptors (Lipinski definition) is 7. The van der Waals surface area contributed by atoms with Crippen molar-refractivity contribution in [1.82, 2.24) is 9.80 Å². The van der Waals surface area contributed by atoms with Gasteiger partial charge < -0.3 is 19.7 Å². The van der Waals surface area contributed by atoms with Crippen molar-refractivity contribution in [2.45, 2.75) is 19.3 Å². The Morgan fingerprint density at radius 1 is 1.05 bits per heavy atom. The van der Waals surface area contributed by atoms with Gasteiger partial charge in [-0.25, -0.2) is 4.39 Å². The Kier molecular flexibility index (Phi) is 8.44. The first-order valence-electron chi connectivity index (χ1n) is 11.7. The molecule has 9 nitrogen and oxygen atoms in total. The topological polar surface area (TPSA) is 105 Å². The summed E-state index contributed by atoms with van der Waals surface area (Å²) >= 11 is 0.778. The van der Waals surface area contributed by atoms with Crippen LogP contribution in [-0.4, -0.2) is 66.1 Å². The van der Waals surface area contributed by atoms with Gasteiger partial charge in [0.15, 0.2) is 18.1 Å². The minimum atomic E-state index is -0.517. The van der Waals surface area contributed by atoms with E-state index in [9.17, 15) is 23.6 Å². The molecule has 2 aromatic carbocycles. The fourth-order valence-corrected chi connectivity index (χ4v) is 4.77. The summed E-state index contributed by atoms with van der Waals surface area (Å²) < 4.78 is 23.9. The summed E-state index contributed by atoms with van der Waals surface area (Å²) in [6, 6.07) is 10.2. The lowest BCUT2D eigenvalue weighted by atomic mass is 10.1. The summed E-state index contributed by atoms with van der Waals surface area (Å²) in [6.07, 6.45) is 4.47. The maximum absolute atomic E-state index is 13.0. The molecule has 0 saturated carbocycles. The third kappa shape index (κ3) is 6.67. The van der Waals surface area contributed by atoms with Crippen LogP contribution in [0, 0.1) is 5.82 Å². The molecule has 0 radical (unpaired) electrons. The highest BCUT2D eigenvalue weighted by atomic mass is 32.2. The Bertz CT molecular complexity index is 1230. The van der Waals surface area contributed by atoms with Gasteiger partial charge in [0, 0.05) is 18.8 Å². The molecule has 2 saturated heterocycles. The minimum absolute atomic E-state index is 0.200. The summed E-state index contributed by atoms with van der Waals surface area (Å²) in [7, 11) is 1.44. The largest absolute Gasteiger partial charge is 0.493 e. The third-order valence-electron chi connectivity index (χ3n) is 5.85. The Morgan fingerprint density at radius 2 is 1.78 bits per heavy atom. The third-order valence-corrected chi connectivity index (χ3v) is 6.76. The van der Waals surface area contributed by atoms with Crippen LogP contribution in [0.2, 0.25) is 0 Å². The van der Waals surface area contributed by atoms with Gasteiger partial charge in [-0.1, -0.05) is 6.07 Å². The van der Waals surface area contributed by atoms with Crippen LogP contribution >= 0.6 is 11.8 Å². The van der Waals surface area contributed by atoms with Gasteiger partial charge in [0.05, 0.1) is 12.0 Å². The fourth-order valence-electron chi connectivity index (χ4n) is 3.93. The van der Waals surface area contributed by atoms with Crippen LogP contribution in [0.3, 0.4) is 0 Å². The van der Waals surface area contributed by atoms with E-state index < -0.39 is 22.9 Å². The summed E-state index contributed by atoms with van der Waals surface area (Å²) in [5.74, 6) is -0.968. The van der Waals surface area contributed by atoms with Gasteiger partial charge in [-0.05, 0) is 79.1 Å². The number of carbonyl (C=O) groups excluding carboxylic acids is 4. The molecule has 0 unspecified atom stereocenters. The molecular formula is C26H26FN3O6S. The van der Waals surface area contributed by atoms with Crippen molar-refractivity contribution in [3.63, 3.8) is 0 Å². The van der Waals surface area contributed by atoms with Gasteiger partial charge in [0.2, 0.25) is 5.91 Å². The molecule has 0 aliphatic carbocycles. The maximum Gasteiger partial charge on any atom is 0.294 e. The summed E-state index contributed by atoms with van der Waals surface area (Å²) in [5, 5.41) is 2.11. The zero-order valence-electron chi connectivity index (χ0n) is 20.2. The van der Waals surface area contributed by atoms with Gasteiger partial charge in [0.1, 0.15) is 12.4 Å². The molecule has 2 fully saturated rings. The number of rotatable bonds is 8. The number of likely N-dealkylation sites (tertiary alicyclic amines) is 1. The van der Waals surface area contributed by atoms with Gasteiger partial charge >= 0.3 is 0 Å². The molecule has 0 aromatic heterocycles. The standard InChI is InChI=1S/C26H26FN3O6S/c1-35-21-13-17(5-10-20(21)36-16-23(31)28-19-8-6-18(27)7-9-19)14-22-25(33)30(26(34)37-22)15-24(32)29-11-3-2-4-12-29/h5-10,13-14H,2-4,11-12,15-16H2,1H3,(H,28,31)/b22-14-. The molecule has 194 valence electrons. The first kappa shape index (κ1) is 26.2. The average Bonchev–Trinajstić information content (AvgIpc) is 3.16. The van der Waals surface area contributed by atoms with Crippen LogP contribution in [0.5, 0.6) is 11.5 Å². The van der Waals surface area contributed by atoms with Crippen molar-refractivity contribution < 1.29 is 33.0 Å². The quantitative estimate of drug-likeness (QED) is 0.519. The van der Waals surface area contributed by atoms with Crippen molar-refractivity contribution >= 4 is 46.5 Å². The average molecular weight is 528 g/mol. The fraction of sp³-hybridized carbons (Fsp3) is 0.308. The number of nitrogens with one attached hydrogen (secondary N) is 1. The van der Waals surface area contributed by atoms with Crippen LogP contribution in [-0.2, 0) is 14.4 Å². The number of thioether (sulfide) groups is 1. The van der Waals surface area contributed by atoms with Crippen molar-refractivity contribution in [3.05, 3.63) is 58.8 Å². The molecule has 2 aliphatic heterocycles. The van der Waals surface area contributed by atoms with Crippen LogP contribution in [0.15, 0.2) is 47.4 Å². The van der Waals surface area contributed by atoms with Crippen molar-refractivity contribution in [3.8, 4) is 11.5 Å². The van der Waals surface area contributed by atoms with Gasteiger partial charge in [-0.15, -0.1) is 0 Å². The normalized spacial score (nSPS) is 16.8. The lowest BCUT2D eigenvalue weighted by Gasteiger charge is -2.27. The van der Waals surface area contributed by atoms with E-state index in [1.807, 2.05) is 0 Å². The van der Waals surface area contributed by atoms with Crippen LogP contribution in [0.25, 0.3) is 6.08 Å². The molecule has 0 atom stereocenters. The number of ether oxygens (including phenoxy) is 2. The molecule has 2 aromatic rings. The van der Waals surface area contributed by atoms with E-state index in [-0.39, 0.29) is 24.0 Å². The minimum Gasteiger partial charge on any atom is -0.493 e.